The van der Waals surface area contributed by atoms with E-state index < -0.39 is 6.10 Å². The van der Waals surface area contributed by atoms with Gasteiger partial charge in [-0.05, 0) is 56.3 Å². The van der Waals surface area contributed by atoms with E-state index in [0.29, 0.717) is 36.5 Å². The fourth-order valence-electron chi connectivity index (χ4n) is 4.28. The molecule has 0 unspecified atom stereocenters. The van der Waals surface area contributed by atoms with E-state index in [9.17, 15) is 10.2 Å². The van der Waals surface area contributed by atoms with E-state index in [2.05, 4.69) is 26.1 Å². The fourth-order valence-corrected chi connectivity index (χ4v) is 4.28. The fraction of sp³-hybridized carbons (Fsp3) is 1.00. The van der Waals surface area contributed by atoms with Gasteiger partial charge in [0.2, 0.25) is 0 Å². The standard InChI is InChI=1S/C18H35NO3/c1-16(2,12-20)19-11-14(21)7-9-22-15-10-13-6-8-18(15,5)17(13,3)4/h13-15,19-21H,6-12H2,1-5H3/t13-,14-,15-,18-/m1/s1. The van der Waals surface area contributed by atoms with Gasteiger partial charge in [-0.1, -0.05) is 20.8 Å². The van der Waals surface area contributed by atoms with Crippen molar-refractivity contribution < 1.29 is 14.9 Å². The second-order valence-electron chi connectivity index (χ2n) is 8.84. The van der Waals surface area contributed by atoms with Crippen LogP contribution in [-0.4, -0.2) is 47.7 Å². The highest BCUT2D eigenvalue weighted by molar-refractivity contribution is 5.11. The maximum Gasteiger partial charge on any atom is 0.0686 e. The van der Waals surface area contributed by atoms with Crippen molar-refractivity contribution in [3.8, 4) is 0 Å². The van der Waals surface area contributed by atoms with Crippen LogP contribution in [0.4, 0.5) is 0 Å². The number of rotatable bonds is 8. The highest BCUT2D eigenvalue weighted by atomic mass is 16.5. The van der Waals surface area contributed by atoms with Gasteiger partial charge in [-0.3, -0.25) is 0 Å². The third-order valence-electron chi connectivity index (χ3n) is 6.70. The number of hydrogen-bond donors (Lipinski definition) is 3. The molecule has 0 aromatic carbocycles. The molecule has 2 fully saturated rings. The van der Waals surface area contributed by atoms with Gasteiger partial charge >= 0.3 is 0 Å². The van der Waals surface area contributed by atoms with Crippen molar-refractivity contribution in [3.63, 3.8) is 0 Å². The molecule has 4 nitrogen and oxygen atoms in total. The summed E-state index contributed by atoms with van der Waals surface area (Å²) in [6.45, 7) is 12.2. The molecule has 0 heterocycles. The Labute approximate surface area is 135 Å². The number of aliphatic hydroxyl groups excluding tert-OH is 2. The maximum atomic E-state index is 10.1. The molecule has 130 valence electrons. The molecule has 0 saturated heterocycles. The summed E-state index contributed by atoms with van der Waals surface area (Å²) in [4.78, 5) is 0. The smallest absolute Gasteiger partial charge is 0.0686 e. The van der Waals surface area contributed by atoms with E-state index in [0.717, 1.165) is 5.92 Å². The van der Waals surface area contributed by atoms with E-state index in [-0.39, 0.29) is 12.1 Å². The topological polar surface area (TPSA) is 61.7 Å². The van der Waals surface area contributed by atoms with Gasteiger partial charge in [0.25, 0.3) is 0 Å². The Morgan fingerprint density at radius 1 is 1.32 bits per heavy atom. The largest absolute Gasteiger partial charge is 0.394 e. The third-order valence-corrected chi connectivity index (χ3v) is 6.70. The average molecular weight is 313 g/mol. The van der Waals surface area contributed by atoms with Crippen molar-refractivity contribution in [2.24, 2.45) is 16.7 Å². The van der Waals surface area contributed by atoms with Gasteiger partial charge in [-0.25, -0.2) is 0 Å². The first-order chi connectivity index (χ1) is 10.1. The van der Waals surface area contributed by atoms with Crippen LogP contribution in [0, 0.1) is 16.7 Å². The Hall–Kier alpha value is -0.160. The first-order valence-corrected chi connectivity index (χ1v) is 8.78. The van der Waals surface area contributed by atoms with E-state index in [4.69, 9.17) is 4.74 Å². The lowest BCUT2D eigenvalue weighted by Crippen LogP contribution is -2.46. The molecule has 2 bridgehead atoms. The molecule has 0 amide bonds. The van der Waals surface area contributed by atoms with Crippen LogP contribution in [0.3, 0.4) is 0 Å². The van der Waals surface area contributed by atoms with Gasteiger partial charge in [0, 0.05) is 18.7 Å². The van der Waals surface area contributed by atoms with Crippen LogP contribution >= 0.6 is 0 Å². The minimum absolute atomic E-state index is 0.0626. The molecule has 4 heteroatoms. The summed E-state index contributed by atoms with van der Waals surface area (Å²) >= 11 is 0. The van der Waals surface area contributed by atoms with Gasteiger partial charge in [0.1, 0.15) is 0 Å². The molecule has 4 atom stereocenters. The number of fused-ring (bicyclic) bond motifs is 2. The van der Waals surface area contributed by atoms with Crippen LogP contribution in [0.5, 0.6) is 0 Å². The minimum atomic E-state index is -0.426. The third kappa shape index (κ3) is 3.35. The number of ether oxygens (including phenoxy) is 1. The number of aliphatic hydroxyl groups is 2. The summed E-state index contributed by atoms with van der Waals surface area (Å²) in [5.41, 5.74) is 0.326. The van der Waals surface area contributed by atoms with Crippen LogP contribution in [-0.2, 0) is 4.74 Å². The Morgan fingerprint density at radius 3 is 2.50 bits per heavy atom. The number of nitrogens with one attached hydrogen (secondary N) is 1. The van der Waals surface area contributed by atoms with Gasteiger partial charge < -0.3 is 20.3 Å². The first-order valence-electron chi connectivity index (χ1n) is 8.78. The van der Waals surface area contributed by atoms with Crippen LogP contribution in [0.15, 0.2) is 0 Å². The lowest BCUT2D eigenvalue weighted by atomic mass is 9.70. The van der Waals surface area contributed by atoms with Crippen LogP contribution in [0.1, 0.15) is 60.3 Å². The van der Waals surface area contributed by atoms with Gasteiger partial charge in [-0.15, -0.1) is 0 Å². The average Bonchev–Trinajstić information content (AvgIpc) is 2.78. The van der Waals surface area contributed by atoms with E-state index in [1.807, 2.05) is 13.8 Å². The summed E-state index contributed by atoms with van der Waals surface area (Å²) in [7, 11) is 0. The molecule has 2 aliphatic carbocycles. The van der Waals surface area contributed by atoms with Crippen molar-refractivity contribution >= 4 is 0 Å². The summed E-state index contributed by atoms with van der Waals surface area (Å²) in [6, 6.07) is 0. The van der Waals surface area contributed by atoms with Crippen molar-refractivity contribution in [2.75, 3.05) is 19.8 Å². The van der Waals surface area contributed by atoms with Crippen LogP contribution in [0.25, 0.3) is 0 Å². The highest BCUT2D eigenvalue weighted by Crippen LogP contribution is 2.66. The van der Waals surface area contributed by atoms with Crippen LogP contribution in [0.2, 0.25) is 0 Å². The maximum absolute atomic E-state index is 10.1. The van der Waals surface area contributed by atoms with Crippen LogP contribution < -0.4 is 5.32 Å². The normalized spacial score (nSPS) is 35.0. The molecular formula is C18H35NO3. The van der Waals surface area contributed by atoms with Crippen molar-refractivity contribution in [1.29, 1.82) is 0 Å². The molecular weight excluding hydrogens is 278 g/mol. The highest BCUT2D eigenvalue weighted by Gasteiger charge is 2.61. The zero-order chi connectivity index (χ0) is 16.6. The zero-order valence-corrected chi connectivity index (χ0v) is 15.0. The predicted octanol–water partition coefficient (Wildman–Crippen LogP) is 2.33. The molecule has 0 aromatic rings. The lowest BCUT2D eigenvalue weighted by molar-refractivity contribution is -0.0549. The number of β-amino-alcohol motifs (C(OH)–C–C–N with tert-alkyl or cyclic N) is 1. The van der Waals surface area contributed by atoms with E-state index in [1.54, 1.807) is 0 Å². The molecule has 3 N–H and O–H groups in total. The minimum Gasteiger partial charge on any atom is -0.394 e. The second kappa shape index (κ2) is 6.39. The Bertz CT molecular complexity index is 383. The Morgan fingerprint density at radius 2 is 2.00 bits per heavy atom. The monoisotopic (exact) mass is 313 g/mol. The van der Waals surface area contributed by atoms with Gasteiger partial charge in [0.15, 0.2) is 0 Å². The Kier molecular flexibility index (Phi) is 5.28. The SMILES string of the molecule is CC(C)(CO)NC[C@H](O)CCO[C@@H]1C[C@H]2CC[C@@]1(C)C2(C)C. The summed E-state index contributed by atoms with van der Waals surface area (Å²) < 4.78 is 6.17. The molecule has 2 rings (SSSR count). The molecule has 2 aliphatic rings. The zero-order valence-electron chi connectivity index (χ0n) is 15.0. The molecule has 2 saturated carbocycles. The van der Waals surface area contributed by atoms with Crippen molar-refractivity contribution in [1.82, 2.24) is 5.32 Å². The molecule has 22 heavy (non-hydrogen) atoms. The quantitative estimate of drug-likeness (QED) is 0.643. The van der Waals surface area contributed by atoms with Crippen molar-refractivity contribution in [3.05, 3.63) is 0 Å². The molecule has 0 spiro atoms. The number of hydrogen-bond acceptors (Lipinski definition) is 4. The Balaban J connectivity index is 1.72. The summed E-state index contributed by atoms with van der Waals surface area (Å²) in [5.74, 6) is 0.791. The van der Waals surface area contributed by atoms with E-state index >= 15 is 0 Å². The summed E-state index contributed by atoms with van der Waals surface area (Å²) in [5, 5.41) is 22.4. The predicted molar refractivity (Wildman–Crippen MR) is 88.8 cm³/mol. The lowest BCUT2D eigenvalue weighted by Gasteiger charge is -2.39. The van der Waals surface area contributed by atoms with Gasteiger partial charge in [-0.2, -0.15) is 0 Å². The first kappa shape index (κ1) is 18.2. The van der Waals surface area contributed by atoms with Gasteiger partial charge in [0.05, 0.1) is 18.8 Å². The molecule has 0 radical (unpaired) electrons. The molecule has 0 aromatic heterocycles. The second-order valence-corrected chi connectivity index (χ2v) is 8.84. The molecule has 0 aliphatic heterocycles. The van der Waals surface area contributed by atoms with Crippen molar-refractivity contribution in [2.45, 2.75) is 78.0 Å². The summed E-state index contributed by atoms with van der Waals surface area (Å²) in [6.07, 6.45) is 4.35. The van der Waals surface area contributed by atoms with E-state index in [1.165, 1.54) is 19.3 Å².